The third-order valence-electron chi connectivity index (χ3n) is 7.85. The van der Waals surface area contributed by atoms with Crippen molar-refractivity contribution in [1.82, 2.24) is 0 Å². The summed E-state index contributed by atoms with van der Waals surface area (Å²) in [6.45, 7) is 19.4. The molecule has 4 fully saturated rings. The summed E-state index contributed by atoms with van der Waals surface area (Å²) in [6.07, 6.45) is 7.37. The summed E-state index contributed by atoms with van der Waals surface area (Å²) in [5, 5.41) is 11.0. The lowest BCUT2D eigenvalue weighted by Crippen LogP contribution is -2.64. The molecule has 2 nitrogen and oxygen atoms in total. The summed E-state index contributed by atoms with van der Waals surface area (Å²) in [4.78, 5) is 0. The molecule has 0 saturated heterocycles. The van der Waals surface area contributed by atoms with Gasteiger partial charge in [-0.1, -0.05) is 27.4 Å². The first-order chi connectivity index (χ1) is 10.7. The van der Waals surface area contributed by atoms with Crippen LogP contribution < -0.4 is 0 Å². The van der Waals surface area contributed by atoms with Crippen molar-refractivity contribution in [2.75, 3.05) is 0 Å². The van der Waals surface area contributed by atoms with Crippen molar-refractivity contribution in [3.8, 4) is 0 Å². The third-order valence-corrected chi connectivity index (χ3v) is 7.85. The average Bonchev–Trinajstić information content (AvgIpc) is 2.33. The minimum atomic E-state index is -0.604. The highest BCUT2D eigenvalue weighted by molar-refractivity contribution is 5.17. The first-order valence-electron chi connectivity index (χ1n) is 9.81. The van der Waals surface area contributed by atoms with Gasteiger partial charge in [-0.3, -0.25) is 0 Å². The zero-order valence-electron chi connectivity index (χ0n) is 17.0. The largest absolute Gasteiger partial charge is 0.492 e. The molecule has 0 aromatic rings. The monoisotopic (exact) mass is 334 g/mol. The summed E-state index contributed by atoms with van der Waals surface area (Å²) in [5.41, 5.74) is -0.627. The van der Waals surface area contributed by atoms with E-state index >= 15 is 0 Å². The van der Waals surface area contributed by atoms with E-state index in [1.165, 1.54) is 32.1 Å². The third kappa shape index (κ3) is 2.64. The predicted octanol–water partition coefficient (Wildman–Crippen LogP) is 5.70. The van der Waals surface area contributed by atoms with Crippen molar-refractivity contribution in [2.24, 2.45) is 28.1 Å². The van der Waals surface area contributed by atoms with Gasteiger partial charge in [0.25, 0.3) is 0 Å². The topological polar surface area (TPSA) is 29.5 Å². The van der Waals surface area contributed by atoms with Crippen LogP contribution in [0.2, 0.25) is 0 Å². The molecule has 0 amide bonds. The Kier molecular flexibility index (Phi) is 3.83. The lowest BCUT2D eigenvalue weighted by Gasteiger charge is -2.68. The van der Waals surface area contributed by atoms with Crippen LogP contribution in [-0.4, -0.2) is 16.3 Å². The number of hydrogen-bond acceptors (Lipinski definition) is 2. The Morgan fingerprint density at radius 3 is 1.79 bits per heavy atom. The Bertz CT molecular complexity index is 515. The molecule has 0 heterocycles. The number of hydrogen-bond donors (Lipinski definition) is 1. The Balaban J connectivity index is 1.94. The van der Waals surface area contributed by atoms with Gasteiger partial charge in [-0.05, 0) is 83.5 Å². The Hall–Kier alpha value is -0.500. The van der Waals surface area contributed by atoms with E-state index in [9.17, 15) is 5.11 Å². The van der Waals surface area contributed by atoms with Gasteiger partial charge >= 0.3 is 0 Å². The molecule has 1 N–H and O–H groups in total. The van der Waals surface area contributed by atoms with Crippen LogP contribution in [-0.2, 0) is 4.74 Å². The van der Waals surface area contributed by atoms with Crippen LogP contribution in [0, 0.1) is 28.1 Å². The molecule has 2 unspecified atom stereocenters. The van der Waals surface area contributed by atoms with Gasteiger partial charge in [0.15, 0.2) is 0 Å². The highest BCUT2D eigenvalue weighted by atomic mass is 16.5. The maximum Gasteiger partial charge on any atom is 0.109 e. The van der Waals surface area contributed by atoms with Gasteiger partial charge in [-0.15, -0.1) is 0 Å². The van der Waals surface area contributed by atoms with Gasteiger partial charge < -0.3 is 9.84 Å². The molecule has 4 saturated carbocycles. The van der Waals surface area contributed by atoms with Gasteiger partial charge in [0, 0.05) is 10.8 Å². The van der Waals surface area contributed by atoms with Gasteiger partial charge in [-0.2, -0.15) is 0 Å². The van der Waals surface area contributed by atoms with E-state index < -0.39 is 5.60 Å². The Morgan fingerprint density at radius 1 is 0.917 bits per heavy atom. The zero-order chi connectivity index (χ0) is 18.2. The Labute approximate surface area is 149 Å². The van der Waals surface area contributed by atoms with E-state index in [2.05, 4.69) is 41.2 Å². The number of allylic oxidation sites excluding steroid dienone is 1. The SMILES string of the molecule is C=C(OC(C)(C)C12CC3CC(CC(C(C)(C)O)(C3)C1)C2)C(C)(C)C. The average molecular weight is 335 g/mol. The molecule has 0 aromatic carbocycles. The van der Waals surface area contributed by atoms with Gasteiger partial charge in [0.2, 0.25) is 0 Å². The van der Waals surface area contributed by atoms with Crippen LogP contribution in [0.3, 0.4) is 0 Å². The van der Waals surface area contributed by atoms with E-state index in [0.717, 1.165) is 24.0 Å². The molecule has 0 radical (unpaired) electrons. The van der Waals surface area contributed by atoms with E-state index in [0.29, 0.717) is 0 Å². The molecule has 2 atom stereocenters. The molecule has 4 rings (SSSR count). The molecule has 4 aliphatic rings. The molecule has 4 aliphatic carbocycles. The standard InChI is InChI=1S/C22H38O2/c1-15(18(2,3)4)24-20(7,8)22-12-16-9-17(13-22)11-21(10-16,14-22)19(5,6)23/h16-17,23H,1,9-14H2,2-8H3. The summed E-state index contributed by atoms with van der Waals surface area (Å²) in [5.74, 6) is 2.40. The van der Waals surface area contributed by atoms with Crippen molar-refractivity contribution < 1.29 is 9.84 Å². The highest BCUT2D eigenvalue weighted by Gasteiger charge is 2.66. The minimum absolute atomic E-state index is 0.0342. The molecule has 2 heteroatoms. The van der Waals surface area contributed by atoms with Gasteiger partial charge in [0.1, 0.15) is 5.60 Å². The van der Waals surface area contributed by atoms with Crippen molar-refractivity contribution in [3.05, 3.63) is 12.3 Å². The molecule has 24 heavy (non-hydrogen) atoms. The second-order valence-electron chi connectivity index (χ2n) is 11.4. The van der Waals surface area contributed by atoms with Crippen molar-refractivity contribution >= 4 is 0 Å². The van der Waals surface area contributed by atoms with Crippen LogP contribution in [0.25, 0.3) is 0 Å². The molecular formula is C22H38O2. The molecule has 0 aromatic heterocycles. The highest BCUT2D eigenvalue weighted by Crippen LogP contribution is 2.71. The van der Waals surface area contributed by atoms with E-state index in [4.69, 9.17) is 4.74 Å². The van der Waals surface area contributed by atoms with Crippen molar-refractivity contribution in [2.45, 2.75) is 98.2 Å². The minimum Gasteiger partial charge on any atom is -0.492 e. The fourth-order valence-corrected chi connectivity index (χ4v) is 6.25. The summed E-state index contributed by atoms with van der Waals surface area (Å²) < 4.78 is 6.57. The molecular weight excluding hydrogens is 296 g/mol. The normalized spacial score (nSPS) is 39.2. The summed E-state index contributed by atoms with van der Waals surface area (Å²) in [7, 11) is 0. The molecule has 0 spiro atoms. The van der Waals surface area contributed by atoms with Crippen LogP contribution >= 0.6 is 0 Å². The smallest absolute Gasteiger partial charge is 0.109 e. The zero-order valence-corrected chi connectivity index (χ0v) is 17.0. The summed E-state index contributed by atoms with van der Waals surface area (Å²) in [6, 6.07) is 0. The predicted molar refractivity (Wildman–Crippen MR) is 99.6 cm³/mol. The fourth-order valence-electron chi connectivity index (χ4n) is 6.25. The second-order valence-corrected chi connectivity index (χ2v) is 11.4. The lowest BCUT2D eigenvalue weighted by atomic mass is 9.38. The first kappa shape index (κ1) is 18.3. The van der Waals surface area contributed by atoms with Gasteiger partial charge in [0.05, 0.1) is 11.4 Å². The number of ether oxygens (including phenoxy) is 1. The quantitative estimate of drug-likeness (QED) is 0.668. The van der Waals surface area contributed by atoms with Crippen molar-refractivity contribution in [3.63, 3.8) is 0 Å². The van der Waals surface area contributed by atoms with E-state index in [1.54, 1.807) is 0 Å². The maximum absolute atomic E-state index is 11.0. The number of rotatable bonds is 4. The molecule has 138 valence electrons. The summed E-state index contributed by atoms with van der Waals surface area (Å²) >= 11 is 0. The van der Waals surface area contributed by atoms with Crippen LogP contribution in [0.5, 0.6) is 0 Å². The van der Waals surface area contributed by atoms with Crippen LogP contribution in [0.15, 0.2) is 12.3 Å². The molecule has 4 bridgehead atoms. The molecule has 0 aliphatic heterocycles. The van der Waals surface area contributed by atoms with E-state index in [1.807, 2.05) is 13.8 Å². The second kappa shape index (κ2) is 5.02. The Morgan fingerprint density at radius 2 is 1.38 bits per heavy atom. The lowest BCUT2D eigenvalue weighted by molar-refractivity contribution is -0.242. The van der Waals surface area contributed by atoms with Crippen molar-refractivity contribution in [1.29, 1.82) is 0 Å². The van der Waals surface area contributed by atoms with Crippen LogP contribution in [0.4, 0.5) is 0 Å². The van der Waals surface area contributed by atoms with Gasteiger partial charge in [-0.25, -0.2) is 0 Å². The van der Waals surface area contributed by atoms with E-state index in [-0.39, 0.29) is 21.8 Å². The number of aliphatic hydroxyl groups is 1. The first-order valence-corrected chi connectivity index (χ1v) is 9.81. The maximum atomic E-state index is 11.0. The van der Waals surface area contributed by atoms with Crippen LogP contribution in [0.1, 0.15) is 87.0 Å². The fraction of sp³-hybridized carbons (Fsp3) is 0.909.